The van der Waals surface area contributed by atoms with Gasteiger partial charge in [0, 0.05) is 0 Å². The topological polar surface area (TPSA) is 0 Å². The summed E-state index contributed by atoms with van der Waals surface area (Å²) in [4.78, 5) is 0. The molecule has 0 heterocycles. The number of rotatable bonds is 9. The van der Waals surface area contributed by atoms with Crippen molar-refractivity contribution in [2.45, 2.75) is 0 Å². The van der Waals surface area contributed by atoms with Crippen molar-refractivity contribution in [1.82, 2.24) is 0 Å². The summed E-state index contributed by atoms with van der Waals surface area (Å²) < 4.78 is 0. The minimum atomic E-state index is -0.446. The summed E-state index contributed by atoms with van der Waals surface area (Å²) in [6, 6.07) is 97.0. The van der Waals surface area contributed by atoms with Crippen molar-refractivity contribution < 1.29 is 41.9 Å². The SMILES string of the molecule is [Cl-].[Cl-].[Cu+2].c1ccc(P(c2ccccc2)c2ccccc2)cc1.c1ccc(P(c2ccccc2)c2ccccc2)cc1.c1ccc(P(c2ccccc2)c2ccccc2)cc1. The van der Waals surface area contributed by atoms with E-state index in [1.807, 2.05) is 0 Å². The van der Waals surface area contributed by atoms with Gasteiger partial charge in [0.1, 0.15) is 0 Å². The molecule has 0 atom stereocenters. The Morgan fingerprint density at radius 3 is 0.317 bits per heavy atom. The van der Waals surface area contributed by atoms with Gasteiger partial charge in [-0.3, -0.25) is 0 Å². The zero-order chi connectivity index (χ0) is 38.7. The van der Waals surface area contributed by atoms with E-state index in [9.17, 15) is 0 Å². The van der Waals surface area contributed by atoms with Crippen molar-refractivity contribution >= 4 is 71.5 Å². The van der Waals surface area contributed by atoms with Crippen molar-refractivity contribution in [2.75, 3.05) is 0 Å². The molecule has 9 aromatic carbocycles. The number of benzene rings is 9. The average molecular weight is 921 g/mol. The Kier molecular flexibility index (Phi) is 21.3. The molecule has 9 aromatic rings. The van der Waals surface area contributed by atoms with Crippen molar-refractivity contribution in [3.05, 3.63) is 273 Å². The van der Waals surface area contributed by atoms with E-state index < -0.39 is 23.8 Å². The molecule has 301 valence electrons. The molecule has 9 rings (SSSR count). The predicted molar refractivity (Wildman–Crippen MR) is 255 cm³/mol. The molecular formula is C54H45Cl2CuP3. The van der Waals surface area contributed by atoms with E-state index in [0.717, 1.165) is 0 Å². The maximum absolute atomic E-state index is 2.23. The predicted octanol–water partition coefficient (Wildman–Crippen LogP) is 4.34. The Morgan fingerprint density at radius 1 is 0.150 bits per heavy atom. The molecule has 0 unspecified atom stereocenters. The molecular weight excluding hydrogens is 876 g/mol. The van der Waals surface area contributed by atoms with Gasteiger partial charge in [0.15, 0.2) is 0 Å². The van der Waals surface area contributed by atoms with Crippen LogP contribution in [0.25, 0.3) is 0 Å². The van der Waals surface area contributed by atoms with Gasteiger partial charge in [-0.1, -0.05) is 273 Å². The third-order valence-electron chi connectivity index (χ3n) is 9.13. The first kappa shape index (κ1) is 48.0. The molecule has 0 N–H and O–H groups in total. The monoisotopic (exact) mass is 919 g/mol. The van der Waals surface area contributed by atoms with Crippen LogP contribution in [-0.2, 0) is 17.1 Å². The zero-order valence-electron chi connectivity index (χ0n) is 32.9. The number of hydrogen-bond donors (Lipinski definition) is 0. The van der Waals surface area contributed by atoms with E-state index in [4.69, 9.17) is 0 Å². The minimum Gasteiger partial charge on any atom is -1.00 e. The molecule has 0 aliphatic heterocycles. The summed E-state index contributed by atoms with van der Waals surface area (Å²) in [5, 5.41) is 12.6. The first-order valence-electron chi connectivity index (χ1n) is 19.2. The number of hydrogen-bond acceptors (Lipinski definition) is 0. The summed E-state index contributed by atoms with van der Waals surface area (Å²) in [7, 11) is -1.34. The first-order chi connectivity index (χ1) is 28.3. The molecule has 0 nitrogen and oxygen atoms in total. The molecule has 0 aliphatic carbocycles. The maximum Gasteiger partial charge on any atom is 2.00 e. The van der Waals surface area contributed by atoms with Gasteiger partial charge in [0.2, 0.25) is 0 Å². The van der Waals surface area contributed by atoms with Gasteiger partial charge in [-0.2, -0.15) is 0 Å². The van der Waals surface area contributed by atoms with Crippen LogP contribution in [0.5, 0.6) is 0 Å². The summed E-state index contributed by atoms with van der Waals surface area (Å²) in [5.41, 5.74) is 0. The Labute approximate surface area is 383 Å². The Hall–Kier alpha value is -4.63. The second-order valence-electron chi connectivity index (χ2n) is 13.0. The molecule has 0 aliphatic rings. The van der Waals surface area contributed by atoms with Crippen molar-refractivity contribution in [3.63, 3.8) is 0 Å². The van der Waals surface area contributed by atoms with Crippen LogP contribution in [0.4, 0.5) is 0 Å². The van der Waals surface area contributed by atoms with E-state index in [2.05, 4.69) is 273 Å². The summed E-state index contributed by atoms with van der Waals surface area (Å²) >= 11 is 0. The quantitative estimate of drug-likeness (QED) is 0.150. The van der Waals surface area contributed by atoms with Gasteiger partial charge in [-0.15, -0.1) is 0 Å². The smallest absolute Gasteiger partial charge is 1.00 e. The summed E-state index contributed by atoms with van der Waals surface area (Å²) in [6.45, 7) is 0. The Balaban J connectivity index is 0.000000194. The fourth-order valence-corrected chi connectivity index (χ4v) is 13.5. The largest absolute Gasteiger partial charge is 2.00 e. The normalized spacial score (nSPS) is 10.1. The van der Waals surface area contributed by atoms with Crippen molar-refractivity contribution in [1.29, 1.82) is 0 Å². The molecule has 0 aromatic heterocycles. The third kappa shape index (κ3) is 13.7. The van der Waals surface area contributed by atoms with Gasteiger partial charge in [-0.25, -0.2) is 0 Å². The van der Waals surface area contributed by atoms with Crippen LogP contribution in [0.1, 0.15) is 0 Å². The molecule has 6 heteroatoms. The van der Waals surface area contributed by atoms with Crippen LogP contribution < -0.4 is 72.6 Å². The molecule has 0 spiro atoms. The minimum absolute atomic E-state index is 0. The van der Waals surface area contributed by atoms with Crippen LogP contribution in [0, 0.1) is 0 Å². The van der Waals surface area contributed by atoms with Crippen LogP contribution in [0.2, 0.25) is 0 Å². The standard InChI is InChI=1S/3C18H15P.2ClH.Cu/c3*1-4-10-16(11-5-1)19(17-12-6-2-7-13-17)18-14-8-3-9-15-18;;;/h3*1-15H;2*1H;/q;;;;;+2/p-2. The third-order valence-corrected chi connectivity index (χ3v) is 16.5. The van der Waals surface area contributed by atoms with Crippen molar-refractivity contribution in [3.8, 4) is 0 Å². The average Bonchev–Trinajstić information content (AvgIpc) is 3.30. The Morgan fingerprint density at radius 2 is 0.233 bits per heavy atom. The molecule has 0 bridgehead atoms. The van der Waals surface area contributed by atoms with E-state index in [1.54, 1.807) is 0 Å². The van der Waals surface area contributed by atoms with Gasteiger partial charge < -0.3 is 24.8 Å². The molecule has 0 fully saturated rings. The van der Waals surface area contributed by atoms with Crippen LogP contribution >= 0.6 is 23.8 Å². The fraction of sp³-hybridized carbons (Fsp3) is 0. The second kappa shape index (κ2) is 26.6. The summed E-state index contributed by atoms with van der Waals surface area (Å²) in [5.74, 6) is 0. The first-order valence-corrected chi connectivity index (χ1v) is 23.2. The summed E-state index contributed by atoms with van der Waals surface area (Å²) in [6.07, 6.45) is 0. The van der Waals surface area contributed by atoms with E-state index in [0.29, 0.717) is 0 Å². The van der Waals surface area contributed by atoms with E-state index in [-0.39, 0.29) is 41.9 Å². The van der Waals surface area contributed by atoms with Gasteiger partial charge in [0.25, 0.3) is 0 Å². The van der Waals surface area contributed by atoms with Gasteiger partial charge in [0.05, 0.1) is 0 Å². The Bertz CT molecular complexity index is 1870. The fourth-order valence-electron chi connectivity index (χ4n) is 6.54. The van der Waals surface area contributed by atoms with Gasteiger partial charge in [-0.05, 0) is 71.5 Å². The molecule has 0 saturated carbocycles. The molecule has 60 heavy (non-hydrogen) atoms. The number of halogens is 2. The zero-order valence-corrected chi connectivity index (χ0v) is 38.0. The van der Waals surface area contributed by atoms with Crippen molar-refractivity contribution in [2.24, 2.45) is 0 Å². The second-order valence-corrected chi connectivity index (χ2v) is 19.7. The van der Waals surface area contributed by atoms with E-state index in [1.165, 1.54) is 47.7 Å². The molecule has 1 radical (unpaired) electrons. The van der Waals surface area contributed by atoms with Gasteiger partial charge >= 0.3 is 17.1 Å². The molecule has 0 saturated heterocycles. The maximum atomic E-state index is 2.23. The van der Waals surface area contributed by atoms with E-state index >= 15 is 0 Å². The van der Waals surface area contributed by atoms with Crippen LogP contribution in [-0.4, -0.2) is 0 Å². The molecule has 0 amide bonds. The van der Waals surface area contributed by atoms with Crippen LogP contribution in [0.3, 0.4) is 0 Å². The van der Waals surface area contributed by atoms with Crippen LogP contribution in [0.15, 0.2) is 273 Å².